The van der Waals surface area contributed by atoms with Gasteiger partial charge in [-0.05, 0) is 12.8 Å². The van der Waals surface area contributed by atoms with Gasteiger partial charge in [-0.1, -0.05) is 0 Å². The molecule has 1 spiro atoms. The predicted molar refractivity (Wildman–Crippen MR) is 112 cm³/mol. The monoisotopic (exact) mass is 496 g/mol. The molecule has 3 aromatic heterocycles. The summed E-state index contributed by atoms with van der Waals surface area (Å²) in [6, 6.07) is 0. The number of hydrogen-bond acceptors (Lipinski definition) is 7. The number of carbonyl (C=O) groups is 1. The van der Waals surface area contributed by atoms with E-state index in [4.69, 9.17) is 0 Å². The molecule has 2 saturated heterocycles. The summed E-state index contributed by atoms with van der Waals surface area (Å²) in [4.78, 5) is 31.8. The Labute approximate surface area is 196 Å². The number of aromatic nitrogens is 6. The Kier molecular flexibility index (Phi) is 5.75. The van der Waals surface area contributed by atoms with Crippen molar-refractivity contribution in [2.24, 2.45) is 5.41 Å². The molecule has 0 radical (unpaired) electrons. The first kappa shape index (κ1) is 23.3. The molecule has 0 aromatic carbocycles. The number of piperidine rings is 1. The van der Waals surface area contributed by atoms with E-state index in [0.29, 0.717) is 61.4 Å². The molecule has 186 valence electrons. The molecule has 5 rings (SSSR count). The summed E-state index contributed by atoms with van der Waals surface area (Å²) in [6.45, 7) is 1.25. The second-order valence-corrected chi connectivity index (χ2v) is 8.99. The maximum absolute atomic E-state index is 12.8. The molecule has 5 heterocycles. The van der Waals surface area contributed by atoms with Crippen LogP contribution in [0.3, 0.4) is 0 Å². The summed E-state index contributed by atoms with van der Waals surface area (Å²) in [7, 11) is 0. The Morgan fingerprint density at radius 3 is 2.40 bits per heavy atom. The molecular weight excluding hydrogens is 475 g/mol. The lowest BCUT2D eigenvalue weighted by Gasteiger charge is -2.38. The van der Waals surface area contributed by atoms with E-state index in [1.807, 2.05) is 4.90 Å². The third kappa shape index (κ3) is 4.73. The fourth-order valence-corrected chi connectivity index (χ4v) is 4.72. The van der Waals surface area contributed by atoms with Gasteiger partial charge in [-0.2, -0.15) is 23.3 Å². The van der Waals surface area contributed by atoms with E-state index in [1.54, 1.807) is 11.1 Å². The van der Waals surface area contributed by atoms with Gasteiger partial charge in [0.15, 0.2) is 5.65 Å². The second kappa shape index (κ2) is 8.64. The zero-order chi connectivity index (χ0) is 24.8. The summed E-state index contributed by atoms with van der Waals surface area (Å²) in [5.74, 6) is -0.853. The summed E-state index contributed by atoms with van der Waals surface area (Å²) in [6.07, 6.45) is -0.223. The van der Waals surface area contributed by atoms with Crippen LogP contribution in [0.25, 0.3) is 11.0 Å². The van der Waals surface area contributed by atoms with E-state index in [0.717, 1.165) is 17.1 Å². The molecule has 0 bridgehead atoms. The zero-order valence-corrected chi connectivity index (χ0v) is 18.4. The van der Waals surface area contributed by atoms with Crippen molar-refractivity contribution in [3.8, 4) is 0 Å². The molecule has 0 N–H and O–H groups in total. The van der Waals surface area contributed by atoms with Crippen molar-refractivity contribution in [1.82, 2.24) is 34.6 Å². The first-order valence-corrected chi connectivity index (χ1v) is 11.0. The van der Waals surface area contributed by atoms with Gasteiger partial charge in [0, 0.05) is 62.2 Å². The maximum atomic E-state index is 12.8. The van der Waals surface area contributed by atoms with Crippen LogP contribution in [0.1, 0.15) is 30.7 Å². The minimum Gasteiger partial charge on any atom is -0.341 e. The van der Waals surface area contributed by atoms with E-state index in [1.165, 1.54) is 6.20 Å². The standard InChI is InChI=1S/C21H21F5N8O/c22-15(23)11-34-17-14(9-30-34)8-29-19(31-17)32-3-1-20(2-4-32)5-16(35)33(12-20)10-13-6-27-18(28-7-13)21(24,25)26/h6-9,15H,1-5,10-12H2. The quantitative estimate of drug-likeness (QED) is 0.502. The lowest BCUT2D eigenvalue weighted by molar-refractivity contribution is -0.145. The Hall–Kier alpha value is -3.45. The molecule has 0 aliphatic carbocycles. The van der Waals surface area contributed by atoms with Crippen LogP contribution < -0.4 is 4.90 Å². The highest BCUT2D eigenvalue weighted by Crippen LogP contribution is 2.42. The van der Waals surface area contributed by atoms with Crippen LogP contribution in [0.4, 0.5) is 27.9 Å². The maximum Gasteiger partial charge on any atom is 0.451 e. The third-order valence-electron chi connectivity index (χ3n) is 6.52. The Morgan fingerprint density at radius 1 is 1.03 bits per heavy atom. The number of carbonyl (C=O) groups excluding carboxylic acids is 1. The van der Waals surface area contributed by atoms with Crippen LogP contribution in [-0.4, -0.2) is 66.6 Å². The predicted octanol–water partition coefficient (Wildman–Crippen LogP) is 2.92. The molecule has 0 atom stereocenters. The van der Waals surface area contributed by atoms with Gasteiger partial charge in [-0.25, -0.2) is 28.4 Å². The van der Waals surface area contributed by atoms with E-state index in [-0.39, 0.29) is 17.9 Å². The number of likely N-dealkylation sites (tertiary alicyclic amines) is 1. The Balaban J connectivity index is 1.23. The number of anilines is 1. The van der Waals surface area contributed by atoms with Crippen LogP contribution >= 0.6 is 0 Å². The number of fused-ring (bicyclic) bond motifs is 1. The van der Waals surface area contributed by atoms with Crippen LogP contribution in [0.5, 0.6) is 0 Å². The molecule has 2 aliphatic heterocycles. The van der Waals surface area contributed by atoms with E-state index >= 15 is 0 Å². The summed E-state index contributed by atoms with van der Waals surface area (Å²) >= 11 is 0. The average Bonchev–Trinajstić information content (AvgIpc) is 3.33. The van der Waals surface area contributed by atoms with Gasteiger partial charge >= 0.3 is 6.18 Å². The van der Waals surface area contributed by atoms with Crippen LogP contribution in [0, 0.1) is 5.41 Å². The largest absolute Gasteiger partial charge is 0.451 e. The van der Waals surface area contributed by atoms with Crippen LogP contribution in [-0.2, 0) is 24.1 Å². The SMILES string of the molecule is O=C1CC2(CCN(c3ncc4cnn(CC(F)F)c4n3)CC2)CN1Cc1cnc(C(F)(F)F)nc1. The molecule has 1 amide bonds. The molecule has 0 saturated carbocycles. The molecule has 3 aromatic rings. The number of nitrogens with zero attached hydrogens (tertiary/aromatic N) is 8. The summed E-state index contributed by atoms with van der Waals surface area (Å²) in [5, 5.41) is 4.53. The highest BCUT2D eigenvalue weighted by Gasteiger charge is 2.45. The van der Waals surface area contributed by atoms with Crippen LogP contribution in [0.15, 0.2) is 24.8 Å². The third-order valence-corrected chi connectivity index (χ3v) is 6.52. The minimum atomic E-state index is -4.61. The van der Waals surface area contributed by atoms with Gasteiger partial charge in [0.25, 0.3) is 6.43 Å². The van der Waals surface area contributed by atoms with Gasteiger partial charge in [-0.15, -0.1) is 0 Å². The second-order valence-electron chi connectivity index (χ2n) is 8.99. The highest BCUT2D eigenvalue weighted by atomic mass is 19.4. The van der Waals surface area contributed by atoms with Crippen molar-refractivity contribution in [2.45, 2.75) is 45.0 Å². The number of hydrogen-bond donors (Lipinski definition) is 0. The van der Waals surface area contributed by atoms with E-state index in [9.17, 15) is 26.7 Å². The summed E-state index contributed by atoms with van der Waals surface area (Å²) < 4.78 is 64.8. The van der Waals surface area contributed by atoms with Gasteiger partial charge in [0.2, 0.25) is 17.7 Å². The fraction of sp³-hybridized carbons (Fsp3) is 0.524. The molecule has 2 aliphatic rings. The highest BCUT2D eigenvalue weighted by molar-refractivity contribution is 5.79. The molecule has 14 heteroatoms. The molecule has 35 heavy (non-hydrogen) atoms. The van der Waals surface area contributed by atoms with Gasteiger partial charge in [0.1, 0.15) is 6.54 Å². The van der Waals surface area contributed by atoms with Crippen molar-refractivity contribution in [3.63, 3.8) is 0 Å². The van der Waals surface area contributed by atoms with Gasteiger partial charge in [-0.3, -0.25) is 4.79 Å². The van der Waals surface area contributed by atoms with Crippen molar-refractivity contribution in [3.05, 3.63) is 36.2 Å². The fourth-order valence-electron chi connectivity index (χ4n) is 4.72. The van der Waals surface area contributed by atoms with Gasteiger partial charge < -0.3 is 9.80 Å². The van der Waals surface area contributed by atoms with E-state index in [2.05, 4.69) is 25.0 Å². The van der Waals surface area contributed by atoms with E-state index < -0.39 is 25.0 Å². The van der Waals surface area contributed by atoms with Crippen molar-refractivity contribution in [2.75, 3.05) is 24.5 Å². The molecule has 0 unspecified atom stereocenters. The zero-order valence-electron chi connectivity index (χ0n) is 18.4. The average molecular weight is 496 g/mol. The molecule has 9 nitrogen and oxygen atoms in total. The van der Waals surface area contributed by atoms with Crippen molar-refractivity contribution >= 4 is 22.9 Å². The number of rotatable bonds is 5. The normalized spacial score (nSPS) is 18.4. The molecular formula is C21H21F5N8O. The van der Waals surface area contributed by atoms with Crippen molar-refractivity contribution < 1.29 is 26.7 Å². The molecule has 2 fully saturated rings. The Morgan fingerprint density at radius 2 is 1.74 bits per heavy atom. The first-order chi connectivity index (χ1) is 16.6. The van der Waals surface area contributed by atoms with Crippen LogP contribution in [0.2, 0.25) is 0 Å². The van der Waals surface area contributed by atoms with Gasteiger partial charge in [0.05, 0.1) is 11.6 Å². The first-order valence-electron chi connectivity index (χ1n) is 11.0. The number of amides is 1. The number of alkyl halides is 5. The smallest absolute Gasteiger partial charge is 0.341 e. The van der Waals surface area contributed by atoms with Crippen molar-refractivity contribution in [1.29, 1.82) is 0 Å². The topological polar surface area (TPSA) is 92.9 Å². The lowest BCUT2D eigenvalue weighted by atomic mass is 9.77. The minimum absolute atomic E-state index is 0.0630. The lowest BCUT2D eigenvalue weighted by Crippen LogP contribution is -2.42. The summed E-state index contributed by atoms with van der Waals surface area (Å²) in [5.41, 5.74) is 0.529. The number of halogens is 5. The Bertz CT molecular complexity index is 1220.